The number of carbonyl (C=O) groups is 3. The lowest BCUT2D eigenvalue weighted by Gasteiger charge is -2.30. The van der Waals surface area contributed by atoms with Crippen LogP contribution in [-0.2, 0) is 14.3 Å². The molecule has 0 aromatic carbocycles. The molecule has 0 bridgehead atoms. The number of rotatable bonds is 8. The third kappa shape index (κ3) is 7.48. The van der Waals surface area contributed by atoms with E-state index in [4.69, 9.17) is 0 Å². The highest BCUT2D eigenvalue weighted by Gasteiger charge is 2.39. The third-order valence-corrected chi connectivity index (χ3v) is 4.46. The van der Waals surface area contributed by atoms with Crippen LogP contribution in [0.5, 0.6) is 0 Å². The summed E-state index contributed by atoms with van der Waals surface area (Å²) in [5.74, 6) is -0.839. The molecule has 0 aromatic rings. The summed E-state index contributed by atoms with van der Waals surface area (Å²) in [6.45, 7) is 6.50. The van der Waals surface area contributed by atoms with Crippen LogP contribution in [0, 0.1) is 5.92 Å². The van der Waals surface area contributed by atoms with E-state index in [2.05, 4.69) is 22.3 Å². The molecule has 1 aliphatic heterocycles. The summed E-state index contributed by atoms with van der Waals surface area (Å²) in [5, 5.41) is 15.0. The smallest absolute Gasteiger partial charge is 0.407 e. The number of amides is 2. The SMILES string of the molecule is CCC[C@@H](CN1CC(NC(=O)OC)CC1C(=O)O)C(C)NC(C)=O.Cl. The highest BCUT2D eigenvalue weighted by atomic mass is 35.5. The van der Waals surface area contributed by atoms with E-state index in [9.17, 15) is 19.5 Å². The molecule has 1 rings (SSSR count). The van der Waals surface area contributed by atoms with Gasteiger partial charge in [0.1, 0.15) is 6.04 Å². The lowest BCUT2D eigenvalue weighted by molar-refractivity contribution is -0.142. The molecule has 0 saturated carbocycles. The maximum atomic E-state index is 11.5. The van der Waals surface area contributed by atoms with Crippen LogP contribution in [0.4, 0.5) is 4.79 Å². The molecule has 1 fully saturated rings. The van der Waals surface area contributed by atoms with Gasteiger partial charge in [-0.1, -0.05) is 13.3 Å². The number of carbonyl (C=O) groups excluding carboxylic acids is 2. The molecule has 1 heterocycles. The minimum Gasteiger partial charge on any atom is -0.480 e. The van der Waals surface area contributed by atoms with Gasteiger partial charge >= 0.3 is 12.1 Å². The summed E-state index contributed by atoms with van der Waals surface area (Å²) < 4.78 is 4.58. The maximum Gasteiger partial charge on any atom is 0.407 e. The predicted octanol–water partition coefficient (Wildman–Crippen LogP) is 1.23. The summed E-state index contributed by atoms with van der Waals surface area (Å²) in [6, 6.07) is -0.933. The van der Waals surface area contributed by atoms with Crippen LogP contribution < -0.4 is 10.6 Å². The van der Waals surface area contributed by atoms with Crippen LogP contribution >= 0.6 is 12.4 Å². The molecule has 4 atom stereocenters. The summed E-state index contributed by atoms with van der Waals surface area (Å²) >= 11 is 0. The molecule has 25 heavy (non-hydrogen) atoms. The van der Waals surface area contributed by atoms with Gasteiger partial charge in [-0.05, 0) is 25.7 Å². The van der Waals surface area contributed by atoms with E-state index >= 15 is 0 Å². The Morgan fingerprint density at radius 2 is 2.00 bits per heavy atom. The highest BCUT2D eigenvalue weighted by molar-refractivity contribution is 5.85. The molecule has 0 aromatic heterocycles. The van der Waals surface area contributed by atoms with Crippen LogP contribution in [-0.4, -0.2) is 66.3 Å². The second-order valence-corrected chi connectivity index (χ2v) is 6.41. The van der Waals surface area contributed by atoms with Crippen molar-refractivity contribution in [2.75, 3.05) is 20.2 Å². The second-order valence-electron chi connectivity index (χ2n) is 6.41. The second kappa shape index (κ2) is 11.1. The van der Waals surface area contributed by atoms with E-state index in [0.717, 1.165) is 12.8 Å². The Kier molecular flexibility index (Phi) is 10.5. The fourth-order valence-electron chi connectivity index (χ4n) is 3.30. The van der Waals surface area contributed by atoms with Gasteiger partial charge in [-0.3, -0.25) is 14.5 Å². The largest absolute Gasteiger partial charge is 0.480 e. The van der Waals surface area contributed by atoms with E-state index in [1.54, 1.807) is 0 Å². The zero-order chi connectivity index (χ0) is 18.3. The lowest BCUT2D eigenvalue weighted by atomic mass is 9.95. The summed E-state index contributed by atoms with van der Waals surface area (Å²) in [6.07, 6.45) is 1.63. The van der Waals surface area contributed by atoms with E-state index < -0.39 is 18.1 Å². The Hall–Kier alpha value is -1.54. The Morgan fingerprint density at radius 3 is 2.48 bits per heavy atom. The molecule has 0 aliphatic carbocycles. The standard InChI is InChI=1S/C16H29N3O5.ClH/c1-5-6-12(10(2)17-11(3)20)8-19-9-13(18-16(23)24-4)7-14(19)15(21)22;/h10,12-14H,5-9H2,1-4H3,(H,17,20)(H,18,23)(H,21,22);1H/t10?,12-,13?,14?;/m0./s1. The van der Waals surface area contributed by atoms with Gasteiger partial charge in [0.2, 0.25) is 5.91 Å². The average molecular weight is 380 g/mol. The van der Waals surface area contributed by atoms with Gasteiger partial charge in [-0.15, -0.1) is 12.4 Å². The van der Waals surface area contributed by atoms with Gasteiger partial charge in [-0.25, -0.2) is 4.79 Å². The molecule has 3 unspecified atom stereocenters. The van der Waals surface area contributed by atoms with Crippen molar-refractivity contribution in [2.45, 2.75) is 58.2 Å². The predicted molar refractivity (Wildman–Crippen MR) is 95.9 cm³/mol. The number of hydrogen-bond donors (Lipinski definition) is 3. The van der Waals surface area contributed by atoms with Crippen LogP contribution in [0.2, 0.25) is 0 Å². The Balaban J connectivity index is 0.00000576. The van der Waals surface area contributed by atoms with E-state index in [0.29, 0.717) is 19.5 Å². The summed E-state index contributed by atoms with van der Waals surface area (Å²) in [7, 11) is 1.28. The van der Waals surface area contributed by atoms with Crippen LogP contribution in [0.15, 0.2) is 0 Å². The Labute approximate surface area is 155 Å². The van der Waals surface area contributed by atoms with Crippen molar-refractivity contribution in [2.24, 2.45) is 5.92 Å². The van der Waals surface area contributed by atoms with E-state index in [1.165, 1.54) is 14.0 Å². The quantitative estimate of drug-likeness (QED) is 0.585. The van der Waals surface area contributed by atoms with Crippen molar-refractivity contribution in [3.8, 4) is 0 Å². The minimum absolute atomic E-state index is 0. The van der Waals surface area contributed by atoms with E-state index in [1.807, 2.05) is 11.8 Å². The fraction of sp³-hybridized carbons (Fsp3) is 0.812. The Bertz CT molecular complexity index is 463. The molecular weight excluding hydrogens is 350 g/mol. The zero-order valence-corrected chi connectivity index (χ0v) is 16.1. The van der Waals surface area contributed by atoms with Crippen molar-refractivity contribution < 1.29 is 24.2 Å². The normalized spacial score (nSPS) is 22.4. The molecular formula is C16H30ClN3O5. The van der Waals surface area contributed by atoms with Crippen LogP contribution in [0.25, 0.3) is 0 Å². The van der Waals surface area contributed by atoms with Gasteiger partial charge in [0.05, 0.1) is 7.11 Å². The number of nitrogens with one attached hydrogen (secondary N) is 2. The molecule has 0 radical (unpaired) electrons. The number of halogens is 1. The van der Waals surface area contributed by atoms with Gasteiger partial charge in [0.25, 0.3) is 0 Å². The molecule has 3 N–H and O–H groups in total. The Morgan fingerprint density at radius 1 is 1.36 bits per heavy atom. The van der Waals surface area contributed by atoms with Crippen molar-refractivity contribution in [1.82, 2.24) is 15.5 Å². The van der Waals surface area contributed by atoms with Gasteiger partial charge in [0, 0.05) is 32.1 Å². The fourth-order valence-corrected chi connectivity index (χ4v) is 3.30. The van der Waals surface area contributed by atoms with E-state index in [-0.39, 0.29) is 36.3 Å². The average Bonchev–Trinajstić information content (AvgIpc) is 2.88. The number of alkyl carbamates (subject to hydrolysis) is 1. The molecule has 2 amide bonds. The molecule has 1 aliphatic rings. The molecule has 146 valence electrons. The van der Waals surface area contributed by atoms with Gasteiger partial charge in [0.15, 0.2) is 0 Å². The number of hydrogen-bond acceptors (Lipinski definition) is 5. The van der Waals surface area contributed by atoms with Crippen molar-refractivity contribution in [3.63, 3.8) is 0 Å². The van der Waals surface area contributed by atoms with Crippen molar-refractivity contribution in [1.29, 1.82) is 0 Å². The number of aliphatic carboxylic acids is 1. The first-order chi connectivity index (χ1) is 11.3. The number of carboxylic acid groups (broad SMARTS) is 1. The maximum absolute atomic E-state index is 11.5. The zero-order valence-electron chi connectivity index (χ0n) is 15.3. The van der Waals surface area contributed by atoms with Crippen LogP contribution in [0.3, 0.4) is 0 Å². The molecule has 0 spiro atoms. The first kappa shape index (κ1) is 23.5. The molecule has 8 nitrogen and oxygen atoms in total. The third-order valence-electron chi connectivity index (χ3n) is 4.46. The van der Waals surface area contributed by atoms with Gasteiger partial charge < -0.3 is 20.5 Å². The first-order valence-corrected chi connectivity index (χ1v) is 8.36. The molecule has 9 heteroatoms. The van der Waals surface area contributed by atoms with Crippen LogP contribution in [0.1, 0.15) is 40.0 Å². The topological polar surface area (TPSA) is 108 Å². The summed E-state index contributed by atoms with van der Waals surface area (Å²) in [4.78, 5) is 36.1. The monoisotopic (exact) mass is 379 g/mol. The number of carboxylic acids is 1. The van der Waals surface area contributed by atoms with Crippen molar-refractivity contribution >= 4 is 30.4 Å². The van der Waals surface area contributed by atoms with Gasteiger partial charge in [-0.2, -0.15) is 0 Å². The summed E-state index contributed by atoms with van der Waals surface area (Å²) in [5.41, 5.74) is 0. The number of methoxy groups -OCH3 is 1. The molecule has 1 saturated heterocycles. The number of nitrogens with zero attached hydrogens (tertiary/aromatic N) is 1. The highest BCUT2D eigenvalue weighted by Crippen LogP contribution is 2.23. The first-order valence-electron chi connectivity index (χ1n) is 8.36. The van der Waals surface area contributed by atoms with Crippen molar-refractivity contribution in [3.05, 3.63) is 0 Å². The number of ether oxygens (including phenoxy) is 1. The lowest BCUT2D eigenvalue weighted by Crippen LogP contribution is -2.46. The minimum atomic E-state index is -0.897. The number of likely N-dealkylation sites (tertiary alicyclic amines) is 1.